The molecule has 0 bridgehead atoms. The molecule has 0 radical (unpaired) electrons. The summed E-state index contributed by atoms with van der Waals surface area (Å²) in [5.74, 6) is -0.0481. The second-order valence-electron chi connectivity index (χ2n) is 5.42. The highest BCUT2D eigenvalue weighted by Crippen LogP contribution is 2.11. The SMILES string of the molecule is CN(C)C(=O)c1cc(NCC(=O)N2CCCCC2)ccn1. The molecule has 2 rings (SSSR count). The van der Waals surface area contributed by atoms with Crippen molar-refractivity contribution in [3.8, 4) is 0 Å². The highest BCUT2D eigenvalue weighted by molar-refractivity contribution is 5.93. The fraction of sp³-hybridized carbons (Fsp3) is 0.533. The van der Waals surface area contributed by atoms with E-state index in [9.17, 15) is 9.59 Å². The van der Waals surface area contributed by atoms with Gasteiger partial charge in [0.2, 0.25) is 5.91 Å². The first kappa shape index (κ1) is 15.3. The number of nitrogens with one attached hydrogen (secondary N) is 1. The van der Waals surface area contributed by atoms with Crippen LogP contribution in [-0.2, 0) is 4.79 Å². The van der Waals surface area contributed by atoms with Gasteiger partial charge in [-0.25, -0.2) is 0 Å². The van der Waals surface area contributed by atoms with E-state index in [0.29, 0.717) is 5.69 Å². The van der Waals surface area contributed by atoms with Crippen molar-refractivity contribution in [3.63, 3.8) is 0 Å². The summed E-state index contributed by atoms with van der Waals surface area (Å²) in [5.41, 5.74) is 1.11. The number of amides is 2. The molecule has 2 heterocycles. The van der Waals surface area contributed by atoms with E-state index < -0.39 is 0 Å². The Morgan fingerprint density at radius 2 is 2.00 bits per heavy atom. The van der Waals surface area contributed by atoms with Crippen LogP contribution in [0.15, 0.2) is 18.3 Å². The van der Waals surface area contributed by atoms with Gasteiger partial charge in [0.05, 0.1) is 6.54 Å². The largest absolute Gasteiger partial charge is 0.376 e. The van der Waals surface area contributed by atoms with Crippen molar-refractivity contribution in [1.29, 1.82) is 0 Å². The third-order valence-corrected chi connectivity index (χ3v) is 3.54. The second-order valence-corrected chi connectivity index (χ2v) is 5.42. The zero-order chi connectivity index (χ0) is 15.2. The third-order valence-electron chi connectivity index (χ3n) is 3.54. The predicted molar refractivity (Wildman–Crippen MR) is 81.2 cm³/mol. The molecule has 1 aliphatic heterocycles. The van der Waals surface area contributed by atoms with Crippen molar-refractivity contribution < 1.29 is 9.59 Å². The van der Waals surface area contributed by atoms with Crippen molar-refractivity contribution in [2.75, 3.05) is 39.0 Å². The summed E-state index contributed by atoms with van der Waals surface area (Å²) in [5, 5.41) is 3.07. The molecular weight excluding hydrogens is 268 g/mol. The van der Waals surface area contributed by atoms with Crippen molar-refractivity contribution in [1.82, 2.24) is 14.8 Å². The fourth-order valence-corrected chi connectivity index (χ4v) is 2.32. The smallest absolute Gasteiger partial charge is 0.272 e. The van der Waals surface area contributed by atoms with Crippen molar-refractivity contribution in [2.45, 2.75) is 19.3 Å². The summed E-state index contributed by atoms with van der Waals surface area (Å²) >= 11 is 0. The standard InChI is InChI=1S/C15H22N4O2/c1-18(2)15(21)13-10-12(6-7-16-13)17-11-14(20)19-8-4-3-5-9-19/h6-7,10H,3-5,8-9,11H2,1-2H3,(H,16,17). The molecule has 21 heavy (non-hydrogen) atoms. The first-order valence-corrected chi connectivity index (χ1v) is 7.27. The molecular formula is C15H22N4O2. The Morgan fingerprint density at radius 1 is 1.29 bits per heavy atom. The average Bonchev–Trinajstić information content (AvgIpc) is 2.53. The zero-order valence-corrected chi connectivity index (χ0v) is 12.6. The van der Waals surface area contributed by atoms with Gasteiger partial charge >= 0.3 is 0 Å². The number of anilines is 1. The number of rotatable bonds is 4. The van der Waals surface area contributed by atoms with Gasteiger partial charge in [0, 0.05) is 39.1 Å². The van der Waals surface area contributed by atoms with E-state index in [1.807, 2.05) is 4.90 Å². The molecule has 1 aliphatic rings. The molecule has 1 fully saturated rings. The Hall–Kier alpha value is -2.11. The van der Waals surface area contributed by atoms with Gasteiger partial charge in [-0.05, 0) is 31.4 Å². The maximum Gasteiger partial charge on any atom is 0.272 e. The van der Waals surface area contributed by atoms with Gasteiger partial charge in [-0.15, -0.1) is 0 Å². The van der Waals surface area contributed by atoms with Gasteiger partial charge in [0.25, 0.3) is 5.91 Å². The van der Waals surface area contributed by atoms with E-state index in [4.69, 9.17) is 0 Å². The van der Waals surface area contributed by atoms with Crippen LogP contribution in [0.5, 0.6) is 0 Å². The maximum atomic E-state index is 12.1. The first-order chi connectivity index (χ1) is 10.1. The maximum absolute atomic E-state index is 12.1. The molecule has 1 saturated heterocycles. The van der Waals surface area contributed by atoms with Crippen LogP contribution in [0.1, 0.15) is 29.8 Å². The molecule has 0 saturated carbocycles. The van der Waals surface area contributed by atoms with E-state index in [1.165, 1.54) is 11.3 Å². The van der Waals surface area contributed by atoms with E-state index in [2.05, 4.69) is 10.3 Å². The van der Waals surface area contributed by atoms with Crippen LogP contribution in [0.2, 0.25) is 0 Å². The minimum atomic E-state index is -0.152. The molecule has 1 aromatic heterocycles. The summed E-state index contributed by atoms with van der Waals surface area (Å²) < 4.78 is 0. The molecule has 2 amide bonds. The number of aromatic nitrogens is 1. The van der Waals surface area contributed by atoms with E-state index in [-0.39, 0.29) is 18.4 Å². The van der Waals surface area contributed by atoms with E-state index in [1.54, 1.807) is 32.4 Å². The number of likely N-dealkylation sites (tertiary alicyclic amines) is 1. The number of carbonyl (C=O) groups is 2. The van der Waals surface area contributed by atoms with Crippen molar-refractivity contribution >= 4 is 17.5 Å². The Morgan fingerprint density at radius 3 is 2.67 bits per heavy atom. The molecule has 6 heteroatoms. The van der Waals surface area contributed by atoms with Gasteiger partial charge < -0.3 is 15.1 Å². The van der Waals surface area contributed by atoms with E-state index in [0.717, 1.165) is 31.6 Å². The third kappa shape index (κ3) is 4.18. The highest BCUT2D eigenvalue weighted by atomic mass is 16.2. The molecule has 0 spiro atoms. The quantitative estimate of drug-likeness (QED) is 0.905. The zero-order valence-electron chi connectivity index (χ0n) is 12.6. The van der Waals surface area contributed by atoms with Gasteiger partial charge in [0.1, 0.15) is 5.69 Å². The van der Waals surface area contributed by atoms with Crippen molar-refractivity contribution in [3.05, 3.63) is 24.0 Å². The molecule has 0 unspecified atom stereocenters. The normalized spacial score (nSPS) is 14.7. The molecule has 1 aromatic rings. The minimum Gasteiger partial charge on any atom is -0.376 e. The molecule has 0 aliphatic carbocycles. The number of carbonyl (C=O) groups excluding carboxylic acids is 2. The number of pyridine rings is 1. The first-order valence-electron chi connectivity index (χ1n) is 7.27. The summed E-state index contributed by atoms with van der Waals surface area (Å²) in [6, 6.07) is 3.43. The lowest BCUT2D eigenvalue weighted by Gasteiger charge is -2.26. The second kappa shape index (κ2) is 7.06. The Kier molecular flexibility index (Phi) is 5.14. The number of hydrogen-bond acceptors (Lipinski definition) is 4. The van der Waals surface area contributed by atoms with Crippen LogP contribution < -0.4 is 5.32 Å². The van der Waals surface area contributed by atoms with Gasteiger partial charge in [0.15, 0.2) is 0 Å². The van der Waals surface area contributed by atoms with Crippen LogP contribution in [0.3, 0.4) is 0 Å². The average molecular weight is 290 g/mol. The minimum absolute atomic E-state index is 0.104. The molecule has 0 atom stereocenters. The highest BCUT2D eigenvalue weighted by Gasteiger charge is 2.16. The topological polar surface area (TPSA) is 65.5 Å². The summed E-state index contributed by atoms with van der Waals surface area (Å²) in [7, 11) is 3.37. The lowest BCUT2D eigenvalue weighted by Crippen LogP contribution is -2.39. The number of piperidine rings is 1. The lowest BCUT2D eigenvalue weighted by atomic mass is 10.1. The van der Waals surface area contributed by atoms with E-state index >= 15 is 0 Å². The monoisotopic (exact) mass is 290 g/mol. The molecule has 1 N–H and O–H groups in total. The van der Waals surface area contributed by atoms with Crippen LogP contribution in [0.25, 0.3) is 0 Å². The van der Waals surface area contributed by atoms with Crippen LogP contribution in [-0.4, -0.2) is 60.3 Å². The number of nitrogens with zero attached hydrogens (tertiary/aromatic N) is 3. The summed E-state index contributed by atoms with van der Waals surface area (Å²) in [6.45, 7) is 1.95. The molecule has 0 aromatic carbocycles. The lowest BCUT2D eigenvalue weighted by molar-refractivity contribution is -0.130. The predicted octanol–water partition coefficient (Wildman–Crippen LogP) is 1.21. The number of hydrogen-bond donors (Lipinski definition) is 1. The summed E-state index contributed by atoms with van der Waals surface area (Å²) in [4.78, 5) is 31.3. The molecule has 114 valence electrons. The van der Waals surface area contributed by atoms with Crippen LogP contribution >= 0.6 is 0 Å². The summed E-state index contributed by atoms with van der Waals surface area (Å²) in [6.07, 6.45) is 4.95. The Labute approximate surface area is 125 Å². The van der Waals surface area contributed by atoms with Crippen LogP contribution in [0, 0.1) is 0 Å². The van der Waals surface area contributed by atoms with Crippen LogP contribution in [0.4, 0.5) is 5.69 Å². The Bertz CT molecular complexity index is 510. The fourth-order valence-electron chi connectivity index (χ4n) is 2.32. The van der Waals surface area contributed by atoms with Gasteiger partial charge in [-0.1, -0.05) is 0 Å². The molecule has 6 nitrogen and oxygen atoms in total. The van der Waals surface area contributed by atoms with Gasteiger partial charge in [-0.3, -0.25) is 14.6 Å². The van der Waals surface area contributed by atoms with Gasteiger partial charge in [-0.2, -0.15) is 0 Å². The van der Waals surface area contributed by atoms with Crippen molar-refractivity contribution in [2.24, 2.45) is 0 Å². The Balaban J connectivity index is 1.92.